The van der Waals surface area contributed by atoms with E-state index >= 15 is 0 Å². The van der Waals surface area contributed by atoms with E-state index in [2.05, 4.69) is 36.2 Å². The number of carbonyl (C=O) groups is 1. The van der Waals surface area contributed by atoms with E-state index in [1.165, 1.54) is 17.7 Å². The number of amides is 1. The van der Waals surface area contributed by atoms with Gasteiger partial charge in [0, 0.05) is 42.9 Å². The van der Waals surface area contributed by atoms with Gasteiger partial charge in [-0.2, -0.15) is 5.10 Å². The highest BCUT2D eigenvalue weighted by atomic mass is 19.1. The van der Waals surface area contributed by atoms with Crippen LogP contribution in [-0.2, 0) is 12.5 Å². The highest BCUT2D eigenvalue weighted by Gasteiger charge is 2.48. The summed E-state index contributed by atoms with van der Waals surface area (Å²) in [5, 5.41) is 8.36. The predicted molar refractivity (Wildman–Crippen MR) is 127 cm³/mol. The average molecular weight is 477 g/mol. The van der Waals surface area contributed by atoms with Crippen molar-refractivity contribution in [3.63, 3.8) is 0 Å². The molecule has 2 aromatic heterocycles. The molecule has 2 aromatic carbocycles. The fourth-order valence-electron chi connectivity index (χ4n) is 5.24. The zero-order chi connectivity index (χ0) is 24.9. The molecule has 5 rings (SSSR count). The average Bonchev–Trinajstić information content (AvgIpc) is 3.49. The summed E-state index contributed by atoms with van der Waals surface area (Å²) >= 11 is 0. The van der Waals surface area contributed by atoms with E-state index in [1.54, 1.807) is 9.58 Å². The predicted octanol–water partition coefficient (Wildman–Crippen LogP) is 5.51. The van der Waals surface area contributed by atoms with Crippen LogP contribution in [0.25, 0.3) is 11.3 Å². The van der Waals surface area contributed by atoms with Crippen molar-refractivity contribution in [3.8, 4) is 11.3 Å². The maximum atomic E-state index is 14.3. The number of benzene rings is 2. The zero-order valence-electron chi connectivity index (χ0n) is 20.0. The Hall–Kier alpha value is -3.81. The number of aryl methyl sites for hydroxylation is 1. The Labute approximate surface area is 202 Å². The first-order chi connectivity index (χ1) is 16.7. The van der Waals surface area contributed by atoms with E-state index in [-0.39, 0.29) is 34.9 Å². The molecule has 4 aromatic rings. The van der Waals surface area contributed by atoms with Gasteiger partial charge in [0.05, 0.1) is 17.8 Å². The minimum absolute atomic E-state index is 0.0434. The smallest absolute Gasteiger partial charge is 0.276 e. The number of rotatable bonds is 4. The van der Waals surface area contributed by atoms with Gasteiger partial charge in [-0.15, -0.1) is 0 Å². The van der Waals surface area contributed by atoms with Crippen LogP contribution in [0.5, 0.6) is 0 Å². The van der Waals surface area contributed by atoms with Crippen LogP contribution in [0.1, 0.15) is 54.0 Å². The summed E-state index contributed by atoms with van der Waals surface area (Å²) in [6.45, 7) is 6.70. The lowest BCUT2D eigenvalue weighted by Gasteiger charge is -2.49. The van der Waals surface area contributed by atoms with Crippen LogP contribution in [0, 0.1) is 17.6 Å². The number of halogens is 2. The van der Waals surface area contributed by atoms with Gasteiger partial charge in [0.2, 0.25) is 0 Å². The second kappa shape index (κ2) is 8.45. The monoisotopic (exact) mass is 476 g/mol. The Balaban J connectivity index is 1.58. The molecule has 0 bridgehead atoms. The van der Waals surface area contributed by atoms with Gasteiger partial charge in [-0.1, -0.05) is 43.3 Å². The highest BCUT2D eigenvalue weighted by molar-refractivity contribution is 5.94. The molecule has 180 valence electrons. The lowest BCUT2D eigenvalue weighted by atomic mass is 9.63. The number of carbonyl (C=O) groups excluding carboxylic acids is 1. The summed E-state index contributed by atoms with van der Waals surface area (Å²) in [4.78, 5) is 15.6. The standard InChI is InChI=1S/C27H26F2N4O2/c1-16(2)27(18-13-30-32(4)14-18)15-33(17(3)20-7-5-6-8-22(20)27)26(34)24-12-25(35-31-24)21-10-9-19(28)11-23(21)29/h5-14,16-17H,15H2,1-4H3/t17-,27+/m0/s1. The summed E-state index contributed by atoms with van der Waals surface area (Å²) in [6.07, 6.45) is 3.86. The van der Waals surface area contributed by atoms with E-state index < -0.39 is 17.0 Å². The number of aromatic nitrogens is 3. The molecule has 3 heterocycles. The summed E-state index contributed by atoms with van der Waals surface area (Å²) in [5.74, 6) is -1.58. The third kappa shape index (κ3) is 3.64. The van der Waals surface area contributed by atoms with Crippen molar-refractivity contribution in [1.29, 1.82) is 0 Å². The number of fused-ring (bicyclic) bond motifs is 1. The molecule has 1 aliphatic heterocycles. The number of hydrogen-bond acceptors (Lipinski definition) is 4. The van der Waals surface area contributed by atoms with E-state index in [0.29, 0.717) is 6.54 Å². The third-order valence-corrected chi connectivity index (χ3v) is 7.17. The van der Waals surface area contributed by atoms with E-state index in [9.17, 15) is 13.6 Å². The fraction of sp³-hybridized carbons (Fsp3) is 0.296. The largest absolute Gasteiger partial charge is 0.355 e. The molecule has 0 saturated carbocycles. The molecule has 35 heavy (non-hydrogen) atoms. The molecule has 0 saturated heterocycles. The van der Waals surface area contributed by atoms with Crippen LogP contribution in [0.3, 0.4) is 0 Å². The van der Waals surface area contributed by atoms with Gasteiger partial charge in [0.15, 0.2) is 11.5 Å². The molecule has 0 N–H and O–H groups in total. The summed E-state index contributed by atoms with van der Waals surface area (Å²) in [5.41, 5.74) is 2.89. The van der Waals surface area contributed by atoms with Crippen LogP contribution in [0.2, 0.25) is 0 Å². The summed E-state index contributed by atoms with van der Waals surface area (Å²) in [7, 11) is 1.88. The molecule has 0 radical (unpaired) electrons. The molecular weight excluding hydrogens is 450 g/mol. The molecule has 1 aliphatic rings. The first-order valence-electron chi connectivity index (χ1n) is 11.5. The quantitative estimate of drug-likeness (QED) is 0.390. The fourth-order valence-corrected chi connectivity index (χ4v) is 5.24. The van der Waals surface area contributed by atoms with Gasteiger partial charge >= 0.3 is 0 Å². The summed E-state index contributed by atoms with van der Waals surface area (Å²) < 4.78 is 34.7. The number of hydrogen-bond donors (Lipinski definition) is 0. The SMILES string of the molecule is CC(C)[C@@]1(c2cnn(C)c2)CN(C(=O)c2cc(-c3ccc(F)cc3F)on2)[C@@H](C)c2ccccc21. The number of nitrogens with zero attached hydrogens (tertiary/aromatic N) is 4. The first kappa shape index (κ1) is 23.0. The highest BCUT2D eigenvalue weighted by Crippen LogP contribution is 2.48. The Morgan fingerprint density at radius 2 is 1.94 bits per heavy atom. The minimum atomic E-state index is -0.782. The van der Waals surface area contributed by atoms with Crippen molar-refractivity contribution in [1.82, 2.24) is 19.8 Å². The maximum absolute atomic E-state index is 14.3. The molecule has 0 fully saturated rings. The Morgan fingerprint density at radius 3 is 2.63 bits per heavy atom. The summed E-state index contributed by atoms with van der Waals surface area (Å²) in [6, 6.07) is 12.6. The van der Waals surface area contributed by atoms with Crippen LogP contribution >= 0.6 is 0 Å². The van der Waals surface area contributed by atoms with E-state index in [4.69, 9.17) is 4.52 Å². The third-order valence-electron chi connectivity index (χ3n) is 7.17. The van der Waals surface area contributed by atoms with Crippen molar-refractivity contribution in [2.45, 2.75) is 32.2 Å². The molecule has 0 unspecified atom stereocenters. The molecule has 6 nitrogen and oxygen atoms in total. The molecule has 8 heteroatoms. The molecule has 2 atom stereocenters. The van der Waals surface area contributed by atoms with E-state index in [1.807, 2.05) is 38.5 Å². The van der Waals surface area contributed by atoms with Crippen LogP contribution in [0.15, 0.2) is 65.4 Å². The van der Waals surface area contributed by atoms with Crippen molar-refractivity contribution < 1.29 is 18.1 Å². The van der Waals surface area contributed by atoms with Gasteiger partial charge in [0.25, 0.3) is 5.91 Å². The maximum Gasteiger partial charge on any atom is 0.276 e. The topological polar surface area (TPSA) is 64.2 Å². The second-order valence-electron chi connectivity index (χ2n) is 9.43. The van der Waals surface area contributed by atoms with Gasteiger partial charge < -0.3 is 9.42 Å². The van der Waals surface area contributed by atoms with Crippen molar-refractivity contribution in [3.05, 3.63) is 94.9 Å². The van der Waals surface area contributed by atoms with Gasteiger partial charge in [-0.05, 0) is 36.1 Å². The minimum Gasteiger partial charge on any atom is -0.355 e. The van der Waals surface area contributed by atoms with E-state index in [0.717, 1.165) is 23.3 Å². The molecule has 1 amide bonds. The van der Waals surface area contributed by atoms with Crippen molar-refractivity contribution >= 4 is 5.91 Å². The molecule has 0 spiro atoms. The van der Waals surface area contributed by atoms with Crippen LogP contribution in [0.4, 0.5) is 8.78 Å². The van der Waals surface area contributed by atoms with Crippen LogP contribution in [-0.4, -0.2) is 32.3 Å². The second-order valence-corrected chi connectivity index (χ2v) is 9.43. The lowest BCUT2D eigenvalue weighted by Crippen LogP contribution is -2.52. The van der Waals surface area contributed by atoms with Gasteiger partial charge in [-0.25, -0.2) is 8.78 Å². The van der Waals surface area contributed by atoms with Crippen LogP contribution < -0.4 is 0 Å². The molecule has 0 aliphatic carbocycles. The Kier molecular flexibility index (Phi) is 5.54. The zero-order valence-corrected chi connectivity index (χ0v) is 20.0. The van der Waals surface area contributed by atoms with Gasteiger partial charge in [-0.3, -0.25) is 9.48 Å². The van der Waals surface area contributed by atoms with Crippen molar-refractivity contribution in [2.24, 2.45) is 13.0 Å². The Morgan fingerprint density at radius 1 is 1.17 bits per heavy atom. The normalized spacial score (nSPS) is 19.7. The van der Waals surface area contributed by atoms with Gasteiger partial charge in [0.1, 0.15) is 11.6 Å². The molecular formula is C27H26F2N4O2. The van der Waals surface area contributed by atoms with Crippen molar-refractivity contribution in [2.75, 3.05) is 6.54 Å². The lowest BCUT2D eigenvalue weighted by molar-refractivity contribution is 0.0576. The Bertz CT molecular complexity index is 1410. The first-order valence-corrected chi connectivity index (χ1v) is 11.5.